The molecule has 2 atom stereocenters. The highest BCUT2D eigenvalue weighted by Crippen LogP contribution is 2.35. The summed E-state index contributed by atoms with van der Waals surface area (Å²) in [5.74, 6) is -1.54. The van der Waals surface area contributed by atoms with Crippen LogP contribution in [-0.4, -0.2) is 38.8 Å². The van der Waals surface area contributed by atoms with E-state index < -0.39 is 23.8 Å². The lowest BCUT2D eigenvalue weighted by Crippen LogP contribution is -2.33. The summed E-state index contributed by atoms with van der Waals surface area (Å²) in [6.07, 6.45) is -0.118. The molecular formula is C18H19F2N3O2. The fraction of sp³-hybridized carbons (Fsp3) is 0.389. The molecule has 25 heavy (non-hydrogen) atoms. The number of carbonyl (C=O) groups is 1. The number of hydrogen-bond acceptors (Lipinski definition) is 4. The highest BCUT2D eigenvalue weighted by Gasteiger charge is 2.38. The Balaban J connectivity index is 2.01. The maximum Gasteiger partial charge on any atom is 0.256 e. The second kappa shape index (κ2) is 6.84. The molecule has 0 unspecified atom stereocenters. The smallest absolute Gasteiger partial charge is 0.256 e. The van der Waals surface area contributed by atoms with E-state index in [-0.39, 0.29) is 24.4 Å². The predicted molar refractivity (Wildman–Crippen MR) is 86.9 cm³/mol. The van der Waals surface area contributed by atoms with Crippen LogP contribution in [0.1, 0.15) is 46.7 Å². The van der Waals surface area contributed by atoms with E-state index in [1.54, 1.807) is 13.0 Å². The van der Waals surface area contributed by atoms with Gasteiger partial charge in [0.15, 0.2) is 0 Å². The van der Waals surface area contributed by atoms with Gasteiger partial charge < -0.3 is 10.0 Å². The van der Waals surface area contributed by atoms with Gasteiger partial charge in [0.25, 0.3) is 5.91 Å². The van der Waals surface area contributed by atoms with Gasteiger partial charge >= 0.3 is 0 Å². The summed E-state index contributed by atoms with van der Waals surface area (Å²) in [6, 6.07) is 4.05. The third-order valence-corrected chi connectivity index (χ3v) is 4.41. The molecular weight excluding hydrogens is 328 g/mol. The van der Waals surface area contributed by atoms with Crippen molar-refractivity contribution in [2.24, 2.45) is 0 Å². The summed E-state index contributed by atoms with van der Waals surface area (Å²) in [4.78, 5) is 14.4. The van der Waals surface area contributed by atoms with Crippen molar-refractivity contribution in [3.8, 4) is 0 Å². The first-order valence-corrected chi connectivity index (χ1v) is 8.17. The quantitative estimate of drug-likeness (QED) is 0.927. The molecule has 1 saturated heterocycles. The number of aliphatic hydroxyl groups excluding tert-OH is 1. The van der Waals surface area contributed by atoms with Crippen LogP contribution in [0.5, 0.6) is 0 Å². The largest absolute Gasteiger partial charge is 0.391 e. The normalized spacial score (nSPS) is 20.1. The zero-order valence-corrected chi connectivity index (χ0v) is 14.0. The number of halogens is 2. The number of nitrogens with zero attached hydrogens (tertiary/aromatic N) is 3. The van der Waals surface area contributed by atoms with Crippen molar-refractivity contribution < 1.29 is 18.7 Å². The van der Waals surface area contributed by atoms with Crippen LogP contribution in [0, 0.1) is 18.6 Å². The molecule has 1 amide bonds. The van der Waals surface area contributed by atoms with Gasteiger partial charge in [0.2, 0.25) is 0 Å². The predicted octanol–water partition coefficient (Wildman–Crippen LogP) is 2.57. The highest BCUT2D eigenvalue weighted by atomic mass is 19.1. The lowest BCUT2D eigenvalue weighted by molar-refractivity contribution is 0.0711. The number of carbonyl (C=O) groups excluding carboxylic acids is 1. The maximum absolute atomic E-state index is 14.2. The minimum absolute atomic E-state index is 0.0595. The van der Waals surface area contributed by atoms with Crippen molar-refractivity contribution in [3.63, 3.8) is 0 Å². The zero-order chi connectivity index (χ0) is 18.1. The number of aliphatic hydroxyl groups is 1. The lowest BCUT2D eigenvalue weighted by atomic mass is 10.0. The van der Waals surface area contributed by atoms with Gasteiger partial charge in [0.1, 0.15) is 11.6 Å². The molecule has 2 aromatic rings. The fourth-order valence-electron chi connectivity index (χ4n) is 3.22. The van der Waals surface area contributed by atoms with E-state index in [1.807, 2.05) is 6.92 Å². The van der Waals surface area contributed by atoms with Crippen LogP contribution in [0.15, 0.2) is 24.3 Å². The Morgan fingerprint density at radius 1 is 1.32 bits per heavy atom. The van der Waals surface area contributed by atoms with Crippen molar-refractivity contribution in [1.29, 1.82) is 0 Å². The topological polar surface area (TPSA) is 66.3 Å². The van der Waals surface area contributed by atoms with Gasteiger partial charge in [-0.25, -0.2) is 8.78 Å². The summed E-state index contributed by atoms with van der Waals surface area (Å²) in [6.45, 7) is 3.65. The van der Waals surface area contributed by atoms with E-state index in [9.17, 15) is 18.7 Å². The molecule has 1 N–H and O–H groups in total. The van der Waals surface area contributed by atoms with Gasteiger partial charge in [-0.15, -0.1) is 0 Å². The zero-order valence-electron chi connectivity index (χ0n) is 14.0. The summed E-state index contributed by atoms with van der Waals surface area (Å²) in [5.41, 5.74) is 1.58. The molecule has 0 bridgehead atoms. The number of β-amino-alcohol motifs (C(OH)–C–C–N with tert-alkyl or cyclic N) is 1. The van der Waals surface area contributed by atoms with E-state index in [1.165, 1.54) is 4.90 Å². The van der Waals surface area contributed by atoms with Crippen molar-refractivity contribution >= 4 is 5.91 Å². The van der Waals surface area contributed by atoms with Gasteiger partial charge in [0.05, 0.1) is 29.1 Å². The van der Waals surface area contributed by atoms with Gasteiger partial charge in [0, 0.05) is 12.1 Å². The minimum Gasteiger partial charge on any atom is -0.391 e. The Hall–Kier alpha value is -2.41. The first kappa shape index (κ1) is 17.4. The minimum atomic E-state index is -0.794. The van der Waals surface area contributed by atoms with E-state index in [0.29, 0.717) is 23.4 Å². The fourth-order valence-corrected chi connectivity index (χ4v) is 3.22. The van der Waals surface area contributed by atoms with E-state index in [2.05, 4.69) is 10.2 Å². The second-order valence-electron chi connectivity index (χ2n) is 6.23. The van der Waals surface area contributed by atoms with Crippen LogP contribution in [0.4, 0.5) is 8.78 Å². The standard InChI is InChI=1S/C18H19F2N3O2/c1-3-16-14(6-10(2)21-22-16)18(25)23-9-12(24)8-17(23)13-7-11(19)4-5-15(13)20/h4-7,12,17,24H,3,8-9H2,1-2H3/t12-,17-/m1/s1. The first-order valence-electron chi connectivity index (χ1n) is 8.17. The van der Waals surface area contributed by atoms with Gasteiger partial charge in [-0.3, -0.25) is 4.79 Å². The number of amides is 1. The molecule has 1 aliphatic rings. The van der Waals surface area contributed by atoms with Gasteiger partial charge in [-0.2, -0.15) is 10.2 Å². The van der Waals surface area contributed by atoms with E-state index in [4.69, 9.17) is 0 Å². The molecule has 3 rings (SSSR count). The number of aryl methyl sites for hydroxylation is 2. The Morgan fingerprint density at radius 2 is 2.08 bits per heavy atom. The molecule has 1 aliphatic heterocycles. The Kier molecular flexibility index (Phi) is 4.76. The summed E-state index contributed by atoms with van der Waals surface area (Å²) >= 11 is 0. The van der Waals surface area contributed by atoms with E-state index >= 15 is 0 Å². The number of rotatable bonds is 3. The van der Waals surface area contributed by atoms with Crippen LogP contribution < -0.4 is 0 Å². The third-order valence-electron chi connectivity index (χ3n) is 4.41. The molecule has 5 nitrogen and oxygen atoms in total. The van der Waals surface area contributed by atoms with Crippen LogP contribution in [0.25, 0.3) is 0 Å². The SMILES string of the molecule is CCc1nnc(C)cc1C(=O)N1C[C@H](O)C[C@@H]1c1cc(F)ccc1F. The first-order chi connectivity index (χ1) is 11.9. The lowest BCUT2D eigenvalue weighted by Gasteiger charge is -2.26. The molecule has 2 heterocycles. The van der Waals surface area contributed by atoms with Crippen molar-refractivity contribution in [2.75, 3.05) is 6.54 Å². The molecule has 0 saturated carbocycles. The molecule has 132 valence electrons. The van der Waals surface area contributed by atoms with Crippen LogP contribution in [0.2, 0.25) is 0 Å². The highest BCUT2D eigenvalue weighted by molar-refractivity contribution is 5.95. The number of aromatic nitrogens is 2. The molecule has 1 aromatic heterocycles. The molecule has 0 spiro atoms. The summed E-state index contributed by atoms with van der Waals surface area (Å²) < 4.78 is 27.8. The molecule has 1 fully saturated rings. The van der Waals surface area contributed by atoms with Gasteiger partial charge in [-0.1, -0.05) is 6.92 Å². The van der Waals surface area contributed by atoms with Crippen LogP contribution >= 0.6 is 0 Å². The van der Waals surface area contributed by atoms with Crippen molar-refractivity contribution in [1.82, 2.24) is 15.1 Å². The molecule has 1 aromatic carbocycles. The van der Waals surface area contributed by atoms with Crippen molar-refractivity contribution in [3.05, 3.63) is 58.4 Å². The van der Waals surface area contributed by atoms with E-state index in [0.717, 1.165) is 18.2 Å². The Bertz CT molecular complexity index is 813. The summed E-state index contributed by atoms with van der Waals surface area (Å²) in [7, 11) is 0. The third kappa shape index (κ3) is 3.37. The Labute approximate surface area is 144 Å². The van der Waals surface area contributed by atoms with Crippen LogP contribution in [0.3, 0.4) is 0 Å². The Morgan fingerprint density at radius 3 is 2.80 bits per heavy atom. The summed E-state index contributed by atoms with van der Waals surface area (Å²) in [5, 5.41) is 18.0. The second-order valence-corrected chi connectivity index (χ2v) is 6.23. The molecule has 0 aliphatic carbocycles. The number of benzene rings is 1. The van der Waals surface area contributed by atoms with Crippen molar-refractivity contribution in [2.45, 2.75) is 38.8 Å². The average molecular weight is 347 g/mol. The van der Waals surface area contributed by atoms with Crippen LogP contribution in [-0.2, 0) is 6.42 Å². The average Bonchev–Trinajstić information content (AvgIpc) is 2.98. The number of hydrogen-bond donors (Lipinski definition) is 1. The molecule has 7 heteroatoms. The molecule has 0 radical (unpaired) electrons. The maximum atomic E-state index is 14.2. The number of likely N-dealkylation sites (tertiary alicyclic amines) is 1. The van der Waals surface area contributed by atoms with Gasteiger partial charge in [-0.05, 0) is 44.0 Å². The monoisotopic (exact) mass is 347 g/mol.